The minimum atomic E-state index is -0.168. The number of nitriles is 1. The third kappa shape index (κ3) is 3.94. The molecule has 0 atom stereocenters. The number of hydrogen-bond acceptors (Lipinski definition) is 5. The summed E-state index contributed by atoms with van der Waals surface area (Å²) in [6.07, 6.45) is 2.91. The van der Waals surface area contributed by atoms with Gasteiger partial charge in [-0.05, 0) is 31.7 Å². The number of rotatable bonds is 6. The van der Waals surface area contributed by atoms with Gasteiger partial charge in [-0.1, -0.05) is 29.8 Å². The molecule has 0 saturated carbocycles. The minimum absolute atomic E-state index is 0.0284. The van der Waals surface area contributed by atoms with E-state index in [2.05, 4.69) is 5.32 Å². The smallest absolute Gasteiger partial charge is 0.235 e. The van der Waals surface area contributed by atoms with E-state index in [0.717, 1.165) is 30.4 Å². The SMILES string of the molecule is Cc1ccc(C(=O)c2c(NC(=O)CSCC#N)sc3c2CCC3)cc1. The van der Waals surface area contributed by atoms with E-state index >= 15 is 0 Å². The van der Waals surface area contributed by atoms with Gasteiger partial charge in [-0.2, -0.15) is 5.26 Å². The van der Waals surface area contributed by atoms with E-state index < -0.39 is 0 Å². The van der Waals surface area contributed by atoms with E-state index in [4.69, 9.17) is 5.26 Å². The first-order valence-electron chi connectivity index (χ1n) is 8.10. The van der Waals surface area contributed by atoms with E-state index in [1.54, 1.807) is 0 Å². The van der Waals surface area contributed by atoms with Crippen LogP contribution in [0.25, 0.3) is 0 Å². The van der Waals surface area contributed by atoms with Crippen LogP contribution in [0.15, 0.2) is 24.3 Å². The normalized spacial score (nSPS) is 12.5. The van der Waals surface area contributed by atoms with E-state index in [0.29, 0.717) is 16.1 Å². The van der Waals surface area contributed by atoms with Crippen molar-refractivity contribution >= 4 is 39.8 Å². The van der Waals surface area contributed by atoms with Crippen LogP contribution in [-0.4, -0.2) is 23.2 Å². The number of carbonyl (C=O) groups is 2. The Morgan fingerprint density at radius 2 is 2.04 bits per heavy atom. The molecule has 1 heterocycles. The Hall–Kier alpha value is -2.10. The summed E-state index contributed by atoms with van der Waals surface area (Å²) in [6, 6.07) is 9.54. The molecule has 0 aliphatic heterocycles. The van der Waals surface area contributed by atoms with Gasteiger partial charge in [0.25, 0.3) is 0 Å². The Balaban J connectivity index is 1.87. The summed E-state index contributed by atoms with van der Waals surface area (Å²) in [5.74, 6) is 0.301. The number of benzene rings is 1. The molecule has 1 aliphatic rings. The molecule has 0 saturated heterocycles. The van der Waals surface area contributed by atoms with Crippen LogP contribution in [0.3, 0.4) is 0 Å². The fourth-order valence-electron chi connectivity index (χ4n) is 2.93. The molecular formula is C19H18N2O2S2. The first-order chi connectivity index (χ1) is 12.1. The molecule has 1 N–H and O–H groups in total. The van der Waals surface area contributed by atoms with Gasteiger partial charge in [-0.25, -0.2) is 0 Å². The summed E-state index contributed by atoms with van der Waals surface area (Å²) >= 11 is 2.79. The zero-order valence-electron chi connectivity index (χ0n) is 13.9. The van der Waals surface area contributed by atoms with E-state index in [1.807, 2.05) is 37.3 Å². The van der Waals surface area contributed by atoms with Gasteiger partial charge in [-0.15, -0.1) is 23.1 Å². The number of hydrogen-bond donors (Lipinski definition) is 1. The number of thiophene rings is 1. The van der Waals surface area contributed by atoms with Gasteiger partial charge in [0.2, 0.25) is 5.91 Å². The molecular weight excluding hydrogens is 352 g/mol. The summed E-state index contributed by atoms with van der Waals surface area (Å²) in [7, 11) is 0. The summed E-state index contributed by atoms with van der Waals surface area (Å²) in [6.45, 7) is 1.99. The quantitative estimate of drug-likeness (QED) is 0.617. The van der Waals surface area contributed by atoms with Crippen LogP contribution in [0, 0.1) is 18.3 Å². The highest BCUT2D eigenvalue weighted by atomic mass is 32.2. The maximum atomic E-state index is 13.0. The van der Waals surface area contributed by atoms with Crippen molar-refractivity contribution in [1.82, 2.24) is 0 Å². The van der Waals surface area contributed by atoms with Gasteiger partial charge in [0.15, 0.2) is 5.78 Å². The highest BCUT2D eigenvalue weighted by molar-refractivity contribution is 8.00. The number of aryl methyl sites for hydroxylation is 2. The van der Waals surface area contributed by atoms with Crippen molar-refractivity contribution in [3.05, 3.63) is 51.4 Å². The Morgan fingerprint density at radius 3 is 2.76 bits per heavy atom. The summed E-state index contributed by atoms with van der Waals surface area (Å²) in [5, 5.41) is 12.1. The van der Waals surface area contributed by atoms with Crippen LogP contribution in [0.5, 0.6) is 0 Å². The third-order valence-corrected chi connectivity index (χ3v) is 6.12. The second-order valence-electron chi connectivity index (χ2n) is 5.96. The second-order valence-corrected chi connectivity index (χ2v) is 8.05. The predicted molar refractivity (Wildman–Crippen MR) is 103 cm³/mol. The molecule has 1 aromatic carbocycles. The van der Waals surface area contributed by atoms with Crippen molar-refractivity contribution in [3.8, 4) is 6.07 Å². The monoisotopic (exact) mass is 370 g/mol. The number of nitrogens with one attached hydrogen (secondary N) is 1. The molecule has 1 aliphatic carbocycles. The van der Waals surface area contributed by atoms with Crippen LogP contribution in [0.2, 0.25) is 0 Å². The zero-order chi connectivity index (χ0) is 17.8. The Bertz CT molecular complexity index is 848. The van der Waals surface area contributed by atoms with Crippen molar-refractivity contribution in [2.24, 2.45) is 0 Å². The average molecular weight is 370 g/mol. The molecule has 0 spiro atoms. The van der Waals surface area contributed by atoms with Crippen molar-refractivity contribution in [2.45, 2.75) is 26.2 Å². The van der Waals surface area contributed by atoms with Crippen LogP contribution >= 0.6 is 23.1 Å². The predicted octanol–water partition coefficient (Wildman–Crippen LogP) is 3.97. The second kappa shape index (κ2) is 7.85. The Morgan fingerprint density at radius 1 is 1.28 bits per heavy atom. The van der Waals surface area contributed by atoms with Gasteiger partial charge in [-0.3, -0.25) is 9.59 Å². The number of fused-ring (bicyclic) bond motifs is 1. The number of amides is 1. The zero-order valence-corrected chi connectivity index (χ0v) is 15.6. The van der Waals surface area contributed by atoms with Gasteiger partial charge in [0.1, 0.15) is 5.00 Å². The minimum Gasteiger partial charge on any atom is -0.316 e. The first kappa shape index (κ1) is 17.7. The summed E-state index contributed by atoms with van der Waals surface area (Å²) < 4.78 is 0. The highest BCUT2D eigenvalue weighted by Gasteiger charge is 2.27. The number of carbonyl (C=O) groups excluding carboxylic acids is 2. The van der Waals surface area contributed by atoms with Gasteiger partial charge < -0.3 is 5.32 Å². The van der Waals surface area contributed by atoms with Crippen LogP contribution in [0.1, 0.15) is 38.3 Å². The fourth-order valence-corrected chi connectivity index (χ4v) is 4.69. The molecule has 3 rings (SSSR count). The molecule has 0 radical (unpaired) electrons. The van der Waals surface area contributed by atoms with Crippen LogP contribution < -0.4 is 5.32 Å². The molecule has 0 unspecified atom stereocenters. The maximum absolute atomic E-state index is 13.0. The Kier molecular flexibility index (Phi) is 5.57. The third-order valence-electron chi connectivity index (χ3n) is 4.11. The topological polar surface area (TPSA) is 70.0 Å². The molecule has 0 bridgehead atoms. The summed E-state index contributed by atoms with van der Waals surface area (Å²) in [5.41, 5.74) is 3.50. The lowest BCUT2D eigenvalue weighted by Crippen LogP contribution is -2.16. The largest absolute Gasteiger partial charge is 0.316 e. The first-order valence-corrected chi connectivity index (χ1v) is 10.1. The molecule has 4 nitrogen and oxygen atoms in total. The van der Waals surface area contributed by atoms with Crippen molar-refractivity contribution < 1.29 is 9.59 Å². The molecule has 128 valence electrons. The number of ketones is 1. The van der Waals surface area contributed by atoms with E-state index in [9.17, 15) is 9.59 Å². The molecule has 25 heavy (non-hydrogen) atoms. The van der Waals surface area contributed by atoms with Gasteiger partial charge >= 0.3 is 0 Å². The van der Waals surface area contributed by atoms with E-state index in [1.165, 1.54) is 28.0 Å². The summed E-state index contributed by atoms with van der Waals surface area (Å²) in [4.78, 5) is 26.4. The number of thioether (sulfide) groups is 1. The highest BCUT2D eigenvalue weighted by Crippen LogP contribution is 2.40. The van der Waals surface area contributed by atoms with Crippen LogP contribution in [-0.2, 0) is 17.6 Å². The number of nitrogens with zero attached hydrogens (tertiary/aromatic N) is 1. The molecule has 6 heteroatoms. The maximum Gasteiger partial charge on any atom is 0.235 e. The lowest BCUT2D eigenvalue weighted by Gasteiger charge is -2.08. The number of anilines is 1. The van der Waals surface area contributed by atoms with Gasteiger partial charge in [0.05, 0.1) is 23.1 Å². The van der Waals surface area contributed by atoms with Crippen molar-refractivity contribution in [2.75, 3.05) is 16.8 Å². The molecule has 2 aromatic rings. The lowest BCUT2D eigenvalue weighted by molar-refractivity contribution is -0.113. The fraction of sp³-hybridized carbons (Fsp3) is 0.316. The van der Waals surface area contributed by atoms with Crippen molar-refractivity contribution in [1.29, 1.82) is 5.26 Å². The van der Waals surface area contributed by atoms with Crippen molar-refractivity contribution in [3.63, 3.8) is 0 Å². The Labute approximate surface area is 155 Å². The molecule has 1 amide bonds. The van der Waals surface area contributed by atoms with Crippen LogP contribution in [0.4, 0.5) is 5.00 Å². The molecule has 0 fully saturated rings. The van der Waals surface area contributed by atoms with Gasteiger partial charge in [0, 0.05) is 10.4 Å². The van der Waals surface area contributed by atoms with E-state index in [-0.39, 0.29) is 23.2 Å². The molecule has 1 aromatic heterocycles. The standard InChI is InChI=1S/C19H18N2O2S2/c1-12-5-7-13(8-6-12)18(23)17-14-3-2-4-15(14)25-19(17)21-16(22)11-24-10-9-20/h5-8H,2-4,10-11H2,1H3,(H,21,22). The lowest BCUT2D eigenvalue weighted by atomic mass is 9.99. The average Bonchev–Trinajstić information content (AvgIpc) is 3.16.